The first-order valence-electron chi connectivity index (χ1n) is 18.7. The number of hydrogen-bond donors (Lipinski definition) is 2. The fourth-order valence-electron chi connectivity index (χ4n) is 10.1. The van der Waals surface area contributed by atoms with Gasteiger partial charge in [-0.2, -0.15) is 0 Å². The number of benzene rings is 2. The molecule has 5 aliphatic rings. The summed E-state index contributed by atoms with van der Waals surface area (Å²) in [4.78, 5) is 44.0. The van der Waals surface area contributed by atoms with E-state index < -0.39 is 33.0 Å². The topological polar surface area (TPSA) is 138 Å². The zero-order valence-electron chi connectivity index (χ0n) is 29.6. The maximum Gasteiger partial charge on any atom is 0.407 e. The molecule has 4 heterocycles. The predicted molar refractivity (Wildman–Crippen MR) is 194 cm³/mol. The average Bonchev–Trinajstić information content (AvgIpc) is 3.61. The molecule has 3 aliphatic heterocycles. The molecule has 0 bridgehead atoms. The van der Waals surface area contributed by atoms with Gasteiger partial charge in [-0.1, -0.05) is 32.3 Å². The van der Waals surface area contributed by atoms with Gasteiger partial charge in [0, 0.05) is 59.7 Å². The van der Waals surface area contributed by atoms with Gasteiger partial charge < -0.3 is 24.2 Å². The van der Waals surface area contributed by atoms with E-state index in [9.17, 15) is 27.9 Å². The van der Waals surface area contributed by atoms with Crippen LogP contribution in [-0.4, -0.2) is 83.8 Å². The van der Waals surface area contributed by atoms with E-state index in [1.807, 2.05) is 23.1 Å². The molecule has 2 saturated heterocycles. The number of nitrogens with zero attached hydrogens (tertiary/aromatic N) is 3. The third kappa shape index (κ3) is 5.59. The lowest BCUT2D eigenvalue weighted by atomic mass is 9.81. The first kappa shape index (κ1) is 34.0. The first-order chi connectivity index (χ1) is 24.5. The van der Waals surface area contributed by atoms with Crippen molar-refractivity contribution in [2.75, 3.05) is 32.5 Å². The number of aromatic nitrogens is 1. The van der Waals surface area contributed by atoms with Crippen molar-refractivity contribution in [1.29, 1.82) is 0 Å². The molecule has 51 heavy (non-hydrogen) atoms. The van der Waals surface area contributed by atoms with Crippen molar-refractivity contribution in [3.63, 3.8) is 0 Å². The number of methoxy groups -OCH3 is 1. The number of amides is 3. The lowest BCUT2D eigenvalue weighted by molar-refractivity contribution is -0.140. The van der Waals surface area contributed by atoms with Crippen LogP contribution in [0, 0.1) is 5.41 Å². The lowest BCUT2D eigenvalue weighted by Crippen LogP contribution is -2.55. The summed E-state index contributed by atoms with van der Waals surface area (Å²) < 4.78 is 35.4. The van der Waals surface area contributed by atoms with E-state index in [0.717, 1.165) is 72.0 Å². The highest BCUT2D eigenvalue weighted by atomic mass is 32.2. The van der Waals surface area contributed by atoms with Crippen LogP contribution in [-0.2, 0) is 21.4 Å². The summed E-state index contributed by atoms with van der Waals surface area (Å²) in [6.07, 6.45) is 8.77. The molecular weight excluding hydrogens is 669 g/mol. The van der Waals surface area contributed by atoms with E-state index in [1.54, 1.807) is 25.0 Å². The Bertz CT molecular complexity index is 2030. The summed E-state index contributed by atoms with van der Waals surface area (Å²) in [6, 6.07) is 11.7. The van der Waals surface area contributed by atoms with Gasteiger partial charge in [-0.05, 0) is 98.7 Å². The van der Waals surface area contributed by atoms with E-state index in [-0.39, 0.29) is 23.1 Å². The van der Waals surface area contributed by atoms with Gasteiger partial charge in [0.1, 0.15) is 5.75 Å². The number of carboxylic acid groups (broad SMARTS) is 1. The smallest absolute Gasteiger partial charge is 0.407 e. The van der Waals surface area contributed by atoms with Gasteiger partial charge in [-0.3, -0.25) is 9.59 Å². The Kier molecular flexibility index (Phi) is 8.39. The monoisotopic (exact) mass is 716 g/mol. The molecule has 1 aromatic heterocycles. The number of carbonyl (C=O) groups excluding carboxylic acids is 2. The van der Waals surface area contributed by atoms with Crippen LogP contribution in [0.5, 0.6) is 5.75 Å². The minimum atomic E-state index is -3.77. The summed E-state index contributed by atoms with van der Waals surface area (Å²) in [5, 5.41) is 11.0. The van der Waals surface area contributed by atoms with E-state index >= 15 is 0 Å². The highest BCUT2D eigenvalue weighted by Crippen LogP contribution is 2.66. The van der Waals surface area contributed by atoms with Gasteiger partial charge in [-0.25, -0.2) is 17.9 Å². The molecule has 0 radical (unpaired) electrons. The van der Waals surface area contributed by atoms with Crippen LogP contribution in [0.4, 0.5) is 4.79 Å². The minimum Gasteiger partial charge on any atom is -0.497 e. The molecule has 12 heteroatoms. The molecule has 2 N–H and O–H groups in total. The number of hydrogen-bond acceptors (Lipinski definition) is 6. The Balaban J connectivity index is 1.24. The number of fused-ring (bicyclic) bond motifs is 7. The Morgan fingerprint density at radius 1 is 0.980 bits per heavy atom. The number of piperidine rings is 1. The number of ether oxygens (including phenoxy) is 1. The summed E-state index contributed by atoms with van der Waals surface area (Å²) >= 11 is 0. The highest BCUT2D eigenvalue weighted by Gasteiger charge is 2.64. The number of rotatable bonds is 7. The molecule has 2 saturated carbocycles. The SMILES string of the molecule is CCCS(=O)(=O)NC(=O)c1ccc2c(C3CCCCC3)c3n(c2c1)CC1(C(=O)N2CCC4(CCCN4C(=O)O)CC2)CC1c1cc(OC)ccc1-3. The van der Waals surface area contributed by atoms with Crippen LogP contribution in [0.15, 0.2) is 36.4 Å². The summed E-state index contributed by atoms with van der Waals surface area (Å²) in [6.45, 7) is 3.78. The number of sulfonamides is 1. The molecule has 8 rings (SSSR count). The maximum absolute atomic E-state index is 14.9. The molecule has 4 fully saturated rings. The zero-order valence-corrected chi connectivity index (χ0v) is 30.4. The third-order valence-corrected chi connectivity index (χ3v) is 14.2. The van der Waals surface area contributed by atoms with Gasteiger partial charge >= 0.3 is 6.09 Å². The van der Waals surface area contributed by atoms with Crippen molar-refractivity contribution in [3.8, 4) is 17.0 Å². The Labute approximate surface area is 299 Å². The van der Waals surface area contributed by atoms with Crippen LogP contribution in [0.1, 0.15) is 111 Å². The quantitative estimate of drug-likeness (QED) is 0.286. The number of nitrogens with one attached hydrogen (secondary N) is 1. The highest BCUT2D eigenvalue weighted by molar-refractivity contribution is 7.90. The molecule has 3 amide bonds. The largest absolute Gasteiger partial charge is 0.497 e. The second kappa shape index (κ2) is 12.6. The molecule has 2 atom stereocenters. The summed E-state index contributed by atoms with van der Waals surface area (Å²) in [7, 11) is -2.11. The predicted octanol–water partition coefficient (Wildman–Crippen LogP) is 6.46. The van der Waals surface area contributed by atoms with Gasteiger partial charge in [0.2, 0.25) is 15.9 Å². The normalized spacial score (nSPS) is 24.1. The molecule has 1 spiro atoms. The standard InChI is InChI=1S/C39H48N4O7S/c1-3-20-51(48,49)40-35(44)26-10-12-29-32(21-26)42-24-39(36(45)41-18-15-38(16-19-41)14-7-17-43(38)37(46)47)23-31(39)30-22-27(50-2)11-13-28(30)34(42)33(29)25-8-5-4-6-9-25/h10-13,21-22,25,31H,3-9,14-20,23-24H2,1-2H3,(H,40,44)(H,46,47). The maximum atomic E-state index is 14.9. The zero-order chi connectivity index (χ0) is 35.7. The van der Waals surface area contributed by atoms with Crippen molar-refractivity contribution in [1.82, 2.24) is 19.1 Å². The molecule has 2 unspecified atom stereocenters. The fourth-order valence-corrected chi connectivity index (χ4v) is 11.2. The fraction of sp³-hybridized carbons (Fsp3) is 0.564. The minimum absolute atomic E-state index is 0.0205. The first-order valence-corrected chi connectivity index (χ1v) is 20.4. The second-order valence-electron chi connectivity index (χ2n) is 15.6. The summed E-state index contributed by atoms with van der Waals surface area (Å²) in [5.41, 5.74) is 4.53. The van der Waals surface area contributed by atoms with Crippen LogP contribution < -0.4 is 9.46 Å². The van der Waals surface area contributed by atoms with Gasteiger partial charge in [-0.15, -0.1) is 0 Å². The number of carbonyl (C=O) groups is 3. The number of likely N-dealkylation sites (tertiary alicyclic amines) is 2. The van der Waals surface area contributed by atoms with E-state index in [4.69, 9.17) is 4.74 Å². The van der Waals surface area contributed by atoms with Crippen molar-refractivity contribution in [3.05, 3.63) is 53.1 Å². The average molecular weight is 717 g/mol. The summed E-state index contributed by atoms with van der Waals surface area (Å²) in [5.74, 6) is 0.356. The molecule has 3 aromatic rings. The molecular formula is C39H48N4O7S. The molecule has 272 valence electrons. The van der Waals surface area contributed by atoms with Gasteiger partial charge in [0.25, 0.3) is 5.91 Å². The van der Waals surface area contributed by atoms with Crippen LogP contribution in [0.2, 0.25) is 0 Å². The molecule has 11 nitrogen and oxygen atoms in total. The lowest BCUT2D eigenvalue weighted by Gasteiger charge is -2.44. The third-order valence-electron chi connectivity index (χ3n) is 12.7. The van der Waals surface area contributed by atoms with Crippen molar-refractivity contribution in [2.24, 2.45) is 5.41 Å². The van der Waals surface area contributed by atoms with Crippen molar-refractivity contribution >= 4 is 38.8 Å². The van der Waals surface area contributed by atoms with E-state index in [2.05, 4.69) is 21.4 Å². The second-order valence-corrected chi connectivity index (χ2v) is 17.4. The van der Waals surface area contributed by atoms with Gasteiger partial charge in [0.15, 0.2) is 0 Å². The van der Waals surface area contributed by atoms with Crippen LogP contribution >= 0.6 is 0 Å². The Hall–Kier alpha value is -4.06. The molecule has 2 aliphatic carbocycles. The van der Waals surface area contributed by atoms with Crippen LogP contribution in [0.3, 0.4) is 0 Å². The van der Waals surface area contributed by atoms with Gasteiger partial charge in [0.05, 0.1) is 24.0 Å². The Morgan fingerprint density at radius 2 is 1.75 bits per heavy atom. The van der Waals surface area contributed by atoms with E-state index in [0.29, 0.717) is 57.8 Å². The van der Waals surface area contributed by atoms with Crippen LogP contribution in [0.25, 0.3) is 22.2 Å². The van der Waals surface area contributed by atoms with E-state index in [1.165, 1.54) is 12.0 Å². The Morgan fingerprint density at radius 3 is 2.45 bits per heavy atom. The van der Waals surface area contributed by atoms with Crippen molar-refractivity contribution < 1.29 is 32.6 Å². The molecule has 2 aromatic carbocycles. The van der Waals surface area contributed by atoms with Crippen molar-refractivity contribution in [2.45, 2.75) is 101 Å².